The van der Waals surface area contributed by atoms with Crippen molar-refractivity contribution in [2.24, 2.45) is 0 Å². The molecule has 0 aliphatic rings. The molecule has 5 nitrogen and oxygen atoms in total. The molecule has 2 aromatic heterocycles. The minimum absolute atomic E-state index is 0.0166. The quantitative estimate of drug-likeness (QED) is 0.356. The van der Waals surface area contributed by atoms with Gasteiger partial charge in [-0.05, 0) is 56.1 Å². The topological polar surface area (TPSA) is 65.5 Å². The number of carbonyl (C=O) groups is 1. The van der Waals surface area contributed by atoms with Gasteiger partial charge in [0.05, 0.1) is 11.3 Å². The maximum absolute atomic E-state index is 12.9. The summed E-state index contributed by atoms with van der Waals surface area (Å²) in [7, 11) is 3.59. The summed E-state index contributed by atoms with van der Waals surface area (Å²) in [5.74, 6) is -0.387. The Bertz CT molecular complexity index is 1320. The van der Waals surface area contributed by atoms with Crippen molar-refractivity contribution in [3.63, 3.8) is 0 Å². The van der Waals surface area contributed by atoms with Gasteiger partial charge >= 0.3 is 6.18 Å². The Morgan fingerprint density at radius 2 is 1.85 bits per heavy atom. The lowest BCUT2D eigenvalue weighted by Crippen LogP contribution is -2.23. The van der Waals surface area contributed by atoms with E-state index in [1.165, 1.54) is 23.5 Å². The summed E-state index contributed by atoms with van der Waals surface area (Å²) < 4.78 is 39.6. The number of alkyl halides is 3. The first-order chi connectivity index (χ1) is 16.1. The van der Waals surface area contributed by atoms with Crippen LogP contribution in [-0.4, -0.2) is 35.0 Å². The standard InChI is InChI=1S/C25H22F3N3O2S/c1-31(2)24(33)21-13-19-20(34-21)10-11-29-22(19)16-6-8-17(9-7-16)23(32)30-14-15-4-3-5-18(12-15)25(26,27)28/h3-13,24,33H,14H2,1-2H3,(H,30,32). The van der Waals surface area contributed by atoms with E-state index in [-0.39, 0.29) is 12.5 Å². The van der Waals surface area contributed by atoms with Crippen LogP contribution in [0.25, 0.3) is 21.3 Å². The van der Waals surface area contributed by atoms with Crippen molar-refractivity contribution in [2.75, 3.05) is 14.1 Å². The van der Waals surface area contributed by atoms with E-state index in [2.05, 4.69) is 10.3 Å². The highest BCUT2D eigenvalue weighted by Gasteiger charge is 2.30. The van der Waals surface area contributed by atoms with Crippen LogP contribution in [0.3, 0.4) is 0 Å². The zero-order chi connectivity index (χ0) is 24.5. The summed E-state index contributed by atoms with van der Waals surface area (Å²) in [6.07, 6.45) is -3.44. The Balaban J connectivity index is 1.50. The van der Waals surface area contributed by atoms with Crippen LogP contribution >= 0.6 is 11.3 Å². The first kappa shape index (κ1) is 23.9. The van der Waals surface area contributed by atoms with Gasteiger partial charge in [-0.1, -0.05) is 24.3 Å². The average Bonchev–Trinajstić information content (AvgIpc) is 3.26. The molecule has 0 aliphatic carbocycles. The number of hydrogen-bond acceptors (Lipinski definition) is 5. The van der Waals surface area contributed by atoms with Gasteiger partial charge in [0, 0.05) is 38.8 Å². The van der Waals surface area contributed by atoms with Crippen LogP contribution in [0.5, 0.6) is 0 Å². The number of benzene rings is 2. The largest absolute Gasteiger partial charge is 0.416 e. The molecule has 4 aromatic rings. The zero-order valence-corrected chi connectivity index (χ0v) is 19.2. The number of nitrogens with zero attached hydrogens (tertiary/aromatic N) is 2. The van der Waals surface area contributed by atoms with E-state index in [1.54, 1.807) is 49.5 Å². The summed E-state index contributed by atoms with van der Waals surface area (Å²) in [4.78, 5) is 19.5. The molecule has 0 spiro atoms. The Labute approximate surface area is 198 Å². The lowest BCUT2D eigenvalue weighted by Gasteiger charge is -2.16. The number of aliphatic hydroxyl groups excluding tert-OH is 1. The Morgan fingerprint density at radius 3 is 2.53 bits per heavy atom. The summed E-state index contributed by atoms with van der Waals surface area (Å²) in [6.45, 7) is -0.0166. The number of thiophene rings is 1. The van der Waals surface area contributed by atoms with Crippen LogP contribution in [0, 0.1) is 0 Å². The van der Waals surface area contributed by atoms with E-state index in [0.717, 1.165) is 38.4 Å². The third kappa shape index (κ3) is 5.11. The van der Waals surface area contributed by atoms with Gasteiger partial charge in [0.25, 0.3) is 5.91 Å². The Kier molecular flexibility index (Phi) is 6.70. The highest BCUT2D eigenvalue weighted by Crippen LogP contribution is 2.35. The van der Waals surface area contributed by atoms with Crippen LogP contribution in [0.15, 0.2) is 66.9 Å². The van der Waals surface area contributed by atoms with Gasteiger partial charge in [-0.3, -0.25) is 14.7 Å². The number of rotatable bonds is 6. The number of aromatic nitrogens is 1. The fraction of sp³-hybridized carbons (Fsp3) is 0.200. The molecule has 2 heterocycles. The fourth-order valence-corrected chi connectivity index (χ4v) is 4.66. The molecular formula is C25H22F3N3O2S. The molecule has 2 aromatic carbocycles. The Hall–Kier alpha value is -3.27. The molecular weight excluding hydrogens is 463 g/mol. The molecule has 1 amide bonds. The highest BCUT2D eigenvalue weighted by atomic mass is 32.1. The summed E-state index contributed by atoms with van der Waals surface area (Å²) in [5, 5.41) is 13.9. The van der Waals surface area contributed by atoms with Crippen LogP contribution in [-0.2, 0) is 12.7 Å². The normalized spacial score (nSPS) is 12.8. The van der Waals surface area contributed by atoms with Gasteiger partial charge in [0.1, 0.15) is 6.23 Å². The maximum Gasteiger partial charge on any atom is 0.416 e. The highest BCUT2D eigenvalue weighted by molar-refractivity contribution is 7.19. The van der Waals surface area contributed by atoms with Gasteiger partial charge in [-0.15, -0.1) is 11.3 Å². The van der Waals surface area contributed by atoms with E-state index in [1.807, 2.05) is 12.1 Å². The number of hydrogen-bond donors (Lipinski definition) is 2. The molecule has 1 atom stereocenters. The third-order valence-corrected chi connectivity index (χ3v) is 6.48. The summed E-state index contributed by atoms with van der Waals surface area (Å²) >= 11 is 1.49. The summed E-state index contributed by atoms with van der Waals surface area (Å²) in [5.41, 5.74) is 1.55. The SMILES string of the molecule is CN(C)C(O)c1cc2c(-c3ccc(C(=O)NCc4cccc(C(F)(F)F)c4)cc3)nccc2s1. The first-order valence-corrected chi connectivity index (χ1v) is 11.2. The molecule has 4 rings (SSSR count). The molecule has 0 saturated carbocycles. The second-order valence-corrected chi connectivity index (χ2v) is 9.13. The molecule has 176 valence electrons. The van der Waals surface area contributed by atoms with Gasteiger partial charge in [0.2, 0.25) is 0 Å². The molecule has 0 aliphatic heterocycles. The third-order valence-electron chi connectivity index (χ3n) is 5.34. The average molecular weight is 486 g/mol. The van der Waals surface area contributed by atoms with Crippen molar-refractivity contribution in [1.82, 2.24) is 15.2 Å². The van der Waals surface area contributed by atoms with Gasteiger partial charge in [0.15, 0.2) is 0 Å². The van der Waals surface area contributed by atoms with Gasteiger partial charge < -0.3 is 10.4 Å². The van der Waals surface area contributed by atoms with Crippen LogP contribution < -0.4 is 5.32 Å². The van der Waals surface area contributed by atoms with Crippen LogP contribution in [0.2, 0.25) is 0 Å². The number of halogens is 3. The van der Waals surface area contributed by atoms with Crippen LogP contribution in [0.4, 0.5) is 13.2 Å². The van der Waals surface area contributed by atoms with Crippen molar-refractivity contribution in [3.05, 3.63) is 88.4 Å². The molecule has 0 saturated heterocycles. The van der Waals surface area contributed by atoms with Crippen molar-refractivity contribution >= 4 is 27.3 Å². The van der Waals surface area contributed by atoms with E-state index in [9.17, 15) is 23.1 Å². The van der Waals surface area contributed by atoms with E-state index in [0.29, 0.717) is 11.1 Å². The molecule has 34 heavy (non-hydrogen) atoms. The van der Waals surface area contributed by atoms with E-state index in [4.69, 9.17) is 0 Å². The molecule has 0 fully saturated rings. The predicted molar refractivity (Wildman–Crippen MR) is 126 cm³/mol. The fourth-order valence-electron chi connectivity index (χ4n) is 3.52. The van der Waals surface area contributed by atoms with Crippen LogP contribution in [0.1, 0.15) is 32.6 Å². The lowest BCUT2D eigenvalue weighted by molar-refractivity contribution is -0.137. The minimum Gasteiger partial charge on any atom is -0.373 e. The second kappa shape index (κ2) is 9.54. The van der Waals surface area contributed by atoms with E-state index < -0.39 is 18.0 Å². The maximum atomic E-state index is 12.9. The number of pyridine rings is 1. The van der Waals surface area contributed by atoms with Crippen molar-refractivity contribution in [3.8, 4) is 11.3 Å². The molecule has 9 heteroatoms. The second-order valence-electron chi connectivity index (χ2n) is 8.02. The zero-order valence-electron chi connectivity index (χ0n) is 18.4. The van der Waals surface area contributed by atoms with Crippen molar-refractivity contribution in [1.29, 1.82) is 0 Å². The number of aliphatic hydroxyl groups is 1. The number of amides is 1. The molecule has 0 radical (unpaired) electrons. The predicted octanol–water partition coefficient (Wildman–Crippen LogP) is 5.46. The van der Waals surface area contributed by atoms with Crippen molar-refractivity contribution < 1.29 is 23.1 Å². The number of nitrogens with one attached hydrogen (secondary N) is 1. The monoisotopic (exact) mass is 485 g/mol. The van der Waals surface area contributed by atoms with Gasteiger partial charge in [-0.25, -0.2) is 0 Å². The Morgan fingerprint density at radius 1 is 1.12 bits per heavy atom. The minimum atomic E-state index is -4.43. The molecule has 1 unspecified atom stereocenters. The summed E-state index contributed by atoms with van der Waals surface area (Å²) in [6, 6.07) is 15.6. The number of carbonyl (C=O) groups excluding carboxylic acids is 1. The van der Waals surface area contributed by atoms with E-state index >= 15 is 0 Å². The molecule has 2 N–H and O–H groups in total. The van der Waals surface area contributed by atoms with Gasteiger partial charge in [-0.2, -0.15) is 13.2 Å². The molecule has 0 bridgehead atoms. The lowest BCUT2D eigenvalue weighted by atomic mass is 10.1. The first-order valence-electron chi connectivity index (χ1n) is 10.4. The number of fused-ring (bicyclic) bond motifs is 1. The smallest absolute Gasteiger partial charge is 0.373 e. The van der Waals surface area contributed by atoms with Crippen molar-refractivity contribution in [2.45, 2.75) is 18.9 Å².